The normalized spacial score (nSPS) is 12.0. The molecule has 0 fully saturated rings. The number of nitrogens with zero attached hydrogens (tertiary/aromatic N) is 1. The zero-order valence-electron chi connectivity index (χ0n) is 14.4. The number of aromatic amines is 1. The zero-order valence-corrected chi connectivity index (χ0v) is 15.2. The maximum atomic E-state index is 12.3. The fourth-order valence-corrected chi connectivity index (χ4v) is 2.85. The number of amides is 1. The fourth-order valence-electron chi connectivity index (χ4n) is 2.85. The maximum Gasteiger partial charge on any atom is 0.244 e. The fraction of sp³-hybridized carbons (Fsp3) is 0.200. The van der Waals surface area contributed by atoms with Crippen LogP contribution in [0.4, 0.5) is 0 Å². The highest BCUT2D eigenvalue weighted by atomic mass is 35.5. The van der Waals surface area contributed by atoms with Gasteiger partial charge in [-0.3, -0.25) is 4.79 Å². The Balaban J connectivity index is 0.00000243. The molecule has 2 aromatic heterocycles. The van der Waals surface area contributed by atoms with Gasteiger partial charge in [0.1, 0.15) is 5.65 Å². The SMILES string of the molecule is Cl.NCC[C@H](Cc1ccccc1)NC(=O)/C=C/c1c[nH]c2ncccc12. The van der Waals surface area contributed by atoms with Gasteiger partial charge in [0.2, 0.25) is 5.91 Å². The van der Waals surface area contributed by atoms with Crippen molar-refractivity contribution in [3.63, 3.8) is 0 Å². The molecule has 1 amide bonds. The minimum atomic E-state index is -0.118. The number of hydrogen-bond donors (Lipinski definition) is 3. The van der Waals surface area contributed by atoms with E-state index >= 15 is 0 Å². The van der Waals surface area contributed by atoms with Crippen LogP contribution >= 0.6 is 12.4 Å². The van der Waals surface area contributed by atoms with Crippen LogP contribution in [0.15, 0.2) is 60.9 Å². The van der Waals surface area contributed by atoms with Crippen molar-refractivity contribution in [3.8, 4) is 0 Å². The third-order valence-corrected chi connectivity index (χ3v) is 4.08. The lowest BCUT2D eigenvalue weighted by molar-refractivity contribution is -0.117. The van der Waals surface area contributed by atoms with E-state index in [1.165, 1.54) is 5.56 Å². The molecule has 3 rings (SSSR count). The van der Waals surface area contributed by atoms with Crippen LogP contribution in [0.2, 0.25) is 0 Å². The number of nitrogens with one attached hydrogen (secondary N) is 2. The molecule has 0 spiro atoms. The second kappa shape index (κ2) is 9.75. The first-order valence-electron chi connectivity index (χ1n) is 8.41. The quantitative estimate of drug-likeness (QED) is 0.559. The molecule has 1 atom stereocenters. The predicted octanol–water partition coefficient (Wildman–Crippen LogP) is 3.07. The van der Waals surface area contributed by atoms with Crippen LogP contribution in [0.3, 0.4) is 0 Å². The number of carbonyl (C=O) groups is 1. The summed E-state index contributed by atoms with van der Waals surface area (Å²) >= 11 is 0. The smallest absolute Gasteiger partial charge is 0.244 e. The van der Waals surface area contributed by atoms with Crippen molar-refractivity contribution in [3.05, 3.63) is 72.1 Å². The summed E-state index contributed by atoms with van der Waals surface area (Å²) in [6, 6.07) is 14.0. The van der Waals surface area contributed by atoms with Crippen molar-refractivity contribution < 1.29 is 4.79 Å². The van der Waals surface area contributed by atoms with Gasteiger partial charge in [0.15, 0.2) is 0 Å². The molecular weight excluding hydrogens is 348 g/mol. The molecule has 0 bridgehead atoms. The van der Waals surface area contributed by atoms with Gasteiger partial charge in [0.25, 0.3) is 0 Å². The minimum absolute atomic E-state index is 0. The van der Waals surface area contributed by atoms with Crippen LogP contribution in [0, 0.1) is 0 Å². The number of pyridine rings is 1. The van der Waals surface area contributed by atoms with Crippen molar-refractivity contribution in [1.82, 2.24) is 15.3 Å². The Kier molecular flexibility index (Phi) is 7.38. The molecule has 0 aliphatic heterocycles. The highest BCUT2D eigenvalue weighted by molar-refractivity contribution is 5.95. The van der Waals surface area contributed by atoms with Gasteiger partial charge in [-0.05, 0) is 43.2 Å². The number of hydrogen-bond acceptors (Lipinski definition) is 3. The summed E-state index contributed by atoms with van der Waals surface area (Å²) in [4.78, 5) is 19.6. The van der Waals surface area contributed by atoms with E-state index in [0.717, 1.165) is 29.4 Å². The van der Waals surface area contributed by atoms with Gasteiger partial charge in [-0.2, -0.15) is 0 Å². The van der Waals surface area contributed by atoms with Gasteiger partial charge in [0.05, 0.1) is 0 Å². The summed E-state index contributed by atoms with van der Waals surface area (Å²) in [7, 11) is 0. The predicted molar refractivity (Wildman–Crippen MR) is 108 cm³/mol. The van der Waals surface area contributed by atoms with E-state index in [9.17, 15) is 4.79 Å². The van der Waals surface area contributed by atoms with E-state index < -0.39 is 0 Å². The van der Waals surface area contributed by atoms with Crippen LogP contribution in [-0.2, 0) is 11.2 Å². The molecule has 3 aromatic rings. The van der Waals surface area contributed by atoms with Crippen molar-refractivity contribution in [2.75, 3.05) is 6.54 Å². The molecule has 6 heteroatoms. The molecule has 5 nitrogen and oxygen atoms in total. The zero-order chi connectivity index (χ0) is 17.5. The van der Waals surface area contributed by atoms with Gasteiger partial charge in [0, 0.05) is 35.5 Å². The number of rotatable bonds is 7. The molecule has 26 heavy (non-hydrogen) atoms. The van der Waals surface area contributed by atoms with E-state index in [2.05, 4.69) is 27.4 Å². The van der Waals surface area contributed by atoms with E-state index in [1.54, 1.807) is 18.3 Å². The lowest BCUT2D eigenvalue weighted by atomic mass is 10.0. The molecule has 0 radical (unpaired) electrons. The van der Waals surface area contributed by atoms with Crippen LogP contribution < -0.4 is 11.1 Å². The van der Waals surface area contributed by atoms with Gasteiger partial charge < -0.3 is 16.0 Å². The number of carbonyl (C=O) groups excluding carboxylic acids is 1. The van der Waals surface area contributed by atoms with E-state index in [1.807, 2.05) is 36.5 Å². The van der Waals surface area contributed by atoms with Crippen LogP contribution in [0.25, 0.3) is 17.1 Å². The van der Waals surface area contributed by atoms with Gasteiger partial charge in [-0.15, -0.1) is 12.4 Å². The molecule has 1 aromatic carbocycles. The monoisotopic (exact) mass is 370 g/mol. The highest BCUT2D eigenvalue weighted by Crippen LogP contribution is 2.16. The number of nitrogens with two attached hydrogens (primary N) is 1. The maximum absolute atomic E-state index is 12.3. The first kappa shape index (κ1) is 19.7. The van der Waals surface area contributed by atoms with Crippen LogP contribution in [-0.4, -0.2) is 28.5 Å². The van der Waals surface area contributed by atoms with Crippen molar-refractivity contribution in [2.24, 2.45) is 5.73 Å². The second-order valence-electron chi connectivity index (χ2n) is 5.95. The van der Waals surface area contributed by atoms with Crippen molar-refractivity contribution in [1.29, 1.82) is 0 Å². The topological polar surface area (TPSA) is 83.8 Å². The number of fused-ring (bicyclic) bond motifs is 1. The first-order chi connectivity index (χ1) is 12.3. The Labute approximate surface area is 159 Å². The van der Waals surface area contributed by atoms with Gasteiger partial charge in [-0.25, -0.2) is 4.98 Å². The second-order valence-corrected chi connectivity index (χ2v) is 5.95. The van der Waals surface area contributed by atoms with Crippen molar-refractivity contribution in [2.45, 2.75) is 18.9 Å². The first-order valence-corrected chi connectivity index (χ1v) is 8.41. The molecule has 2 heterocycles. The molecule has 0 saturated carbocycles. The lowest BCUT2D eigenvalue weighted by Gasteiger charge is -2.17. The molecule has 0 aliphatic carbocycles. The number of halogens is 1. The Bertz CT molecular complexity index is 860. The minimum Gasteiger partial charge on any atom is -0.349 e. The average molecular weight is 371 g/mol. The third-order valence-electron chi connectivity index (χ3n) is 4.08. The van der Waals surface area contributed by atoms with Gasteiger partial charge in [-0.1, -0.05) is 30.3 Å². The number of H-pyrrole nitrogens is 1. The van der Waals surface area contributed by atoms with Gasteiger partial charge >= 0.3 is 0 Å². The largest absolute Gasteiger partial charge is 0.349 e. The summed E-state index contributed by atoms with van der Waals surface area (Å²) in [6.07, 6.45) is 8.46. The Hall–Kier alpha value is -2.63. The highest BCUT2D eigenvalue weighted by Gasteiger charge is 2.11. The van der Waals surface area contributed by atoms with E-state index in [4.69, 9.17) is 5.73 Å². The summed E-state index contributed by atoms with van der Waals surface area (Å²) < 4.78 is 0. The molecule has 0 saturated heterocycles. The van der Waals surface area contributed by atoms with E-state index in [0.29, 0.717) is 6.54 Å². The summed E-state index contributed by atoms with van der Waals surface area (Å²) in [5.41, 5.74) is 8.63. The Morgan fingerprint density at radius 1 is 1.23 bits per heavy atom. The Morgan fingerprint density at radius 2 is 2.04 bits per heavy atom. The molecular formula is C20H23ClN4O. The van der Waals surface area contributed by atoms with Crippen LogP contribution in [0.1, 0.15) is 17.5 Å². The summed E-state index contributed by atoms with van der Waals surface area (Å²) in [6.45, 7) is 0.537. The lowest BCUT2D eigenvalue weighted by Crippen LogP contribution is -2.37. The molecule has 136 valence electrons. The standard InChI is InChI=1S/C20H22N4O.ClH/c21-11-10-17(13-15-5-2-1-3-6-15)24-19(25)9-8-16-14-23-20-18(16)7-4-12-22-20;/h1-9,12,14,17H,10-11,13,21H2,(H,22,23)(H,24,25);1H/b9-8+;/t17-;/m1./s1. The average Bonchev–Trinajstić information content (AvgIpc) is 3.04. The molecule has 4 N–H and O–H groups in total. The van der Waals surface area contributed by atoms with Crippen molar-refractivity contribution >= 4 is 35.4 Å². The number of aromatic nitrogens is 2. The summed E-state index contributed by atoms with van der Waals surface area (Å²) in [5, 5.41) is 4.04. The molecule has 0 aliphatic rings. The summed E-state index contributed by atoms with van der Waals surface area (Å²) in [5.74, 6) is -0.118. The Morgan fingerprint density at radius 3 is 2.81 bits per heavy atom. The van der Waals surface area contributed by atoms with E-state index in [-0.39, 0.29) is 24.4 Å². The van der Waals surface area contributed by atoms with Crippen LogP contribution in [0.5, 0.6) is 0 Å². The third kappa shape index (κ3) is 5.18. The molecule has 0 unspecified atom stereocenters. The number of benzene rings is 1.